The fourth-order valence-electron chi connectivity index (χ4n) is 1.26. The molecule has 4 heteroatoms. The Balaban J connectivity index is 3.29. The predicted octanol–water partition coefficient (Wildman–Crippen LogP) is 1.58. The van der Waals surface area contributed by atoms with Crippen LogP contribution in [0.25, 0.3) is 0 Å². The minimum absolute atomic E-state index is 0.473. The molecule has 0 aliphatic heterocycles. The third kappa shape index (κ3) is 2.26. The summed E-state index contributed by atoms with van der Waals surface area (Å²) in [6.45, 7) is 3.63. The molecule has 0 amide bonds. The van der Waals surface area contributed by atoms with Crippen molar-refractivity contribution in [3.05, 3.63) is 17.8 Å². The Morgan fingerprint density at radius 2 is 2.00 bits per heavy atom. The number of aromatic nitrogens is 1. The predicted molar refractivity (Wildman–Crippen MR) is 56.4 cm³/mol. The van der Waals surface area contributed by atoms with Gasteiger partial charge in [-0.2, -0.15) is 0 Å². The highest BCUT2D eigenvalue weighted by Gasteiger charge is 2.24. The second-order valence-corrected chi connectivity index (χ2v) is 3.77. The van der Waals surface area contributed by atoms with Gasteiger partial charge < -0.3 is 14.3 Å². The van der Waals surface area contributed by atoms with Gasteiger partial charge in [0.25, 0.3) is 0 Å². The molecule has 1 aromatic rings. The Hall–Kier alpha value is -1.58. The summed E-state index contributed by atoms with van der Waals surface area (Å²) in [5.74, 6) is 1.06. The van der Waals surface area contributed by atoms with Gasteiger partial charge in [-0.3, -0.25) is 0 Å². The number of nitrogens with zero attached hydrogens (tertiary/aromatic N) is 1. The lowest BCUT2D eigenvalue weighted by atomic mass is 9.86. The Kier molecular flexibility index (Phi) is 3.29. The summed E-state index contributed by atoms with van der Waals surface area (Å²) < 4.78 is 10.2. The molecule has 1 heterocycles. The summed E-state index contributed by atoms with van der Waals surface area (Å²) >= 11 is 0. The fourth-order valence-corrected chi connectivity index (χ4v) is 1.26. The molecule has 1 rings (SSSR count). The summed E-state index contributed by atoms with van der Waals surface area (Å²) in [5.41, 5.74) is 0.161. The Labute approximate surface area is 89.2 Å². The van der Waals surface area contributed by atoms with Crippen molar-refractivity contribution in [2.75, 3.05) is 14.2 Å². The highest BCUT2D eigenvalue weighted by Crippen LogP contribution is 2.31. The molecule has 15 heavy (non-hydrogen) atoms. The second kappa shape index (κ2) is 4.29. The zero-order valence-corrected chi connectivity index (χ0v) is 9.40. The number of methoxy groups -OCH3 is 2. The molecule has 4 nitrogen and oxygen atoms in total. The van der Waals surface area contributed by atoms with Crippen molar-refractivity contribution >= 4 is 6.29 Å². The van der Waals surface area contributed by atoms with Crippen LogP contribution in [0.1, 0.15) is 19.4 Å². The van der Waals surface area contributed by atoms with Gasteiger partial charge in [-0.1, -0.05) is 0 Å². The molecule has 0 bridgehead atoms. The van der Waals surface area contributed by atoms with Gasteiger partial charge >= 0.3 is 0 Å². The van der Waals surface area contributed by atoms with Crippen LogP contribution in [-0.2, 0) is 10.2 Å². The van der Waals surface area contributed by atoms with E-state index in [-0.39, 0.29) is 0 Å². The van der Waals surface area contributed by atoms with Crippen LogP contribution >= 0.6 is 0 Å². The molecular formula is C11H15NO3. The molecule has 0 aliphatic carbocycles. The molecule has 0 atom stereocenters. The lowest BCUT2D eigenvalue weighted by Gasteiger charge is -2.20. The largest absolute Gasteiger partial charge is 0.495 e. The lowest BCUT2D eigenvalue weighted by molar-refractivity contribution is -0.111. The molecule has 0 saturated carbocycles. The van der Waals surface area contributed by atoms with Gasteiger partial charge in [0.05, 0.1) is 20.4 Å². The Morgan fingerprint density at radius 1 is 1.33 bits per heavy atom. The molecule has 82 valence electrons. The highest BCUT2D eigenvalue weighted by molar-refractivity contribution is 5.69. The second-order valence-electron chi connectivity index (χ2n) is 3.77. The number of hydrogen-bond donors (Lipinski definition) is 0. The van der Waals surface area contributed by atoms with Crippen molar-refractivity contribution < 1.29 is 14.3 Å². The van der Waals surface area contributed by atoms with Crippen LogP contribution < -0.4 is 9.47 Å². The smallest absolute Gasteiger partial charge is 0.213 e. The van der Waals surface area contributed by atoms with E-state index >= 15 is 0 Å². The maximum atomic E-state index is 11.0. The molecule has 0 radical (unpaired) electrons. The average molecular weight is 209 g/mol. The van der Waals surface area contributed by atoms with E-state index in [2.05, 4.69) is 4.98 Å². The number of carbonyl (C=O) groups excluding carboxylic acids is 1. The normalized spacial score (nSPS) is 10.9. The SMILES string of the molecule is COc1cc(C(C)(C)C=O)c(OC)cn1. The Morgan fingerprint density at radius 3 is 2.47 bits per heavy atom. The van der Waals surface area contributed by atoms with Crippen molar-refractivity contribution in [2.45, 2.75) is 19.3 Å². The van der Waals surface area contributed by atoms with Crippen LogP contribution in [-0.4, -0.2) is 25.5 Å². The van der Waals surface area contributed by atoms with Crippen LogP contribution in [0.15, 0.2) is 12.3 Å². The van der Waals surface area contributed by atoms with Crippen LogP contribution in [0.2, 0.25) is 0 Å². The molecule has 0 unspecified atom stereocenters. The maximum absolute atomic E-state index is 11.0. The number of carbonyl (C=O) groups is 1. The van der Waals surface area contributed by atoms with E-state index in [0.717, 1.165) is 11.8 Å². The topological polar surface area (TPSA) is 48.4 Å². The number of pyridine rings is 1. The number of aldehydes is 1. The van der Waals surface area contributed by atoms with E-state index in [1.165, 1.54) is 7.11 Å². The minimum Gasteiger partial charge on any atom is -0.495 e. The minimum atomic E-state index is -0.610. The van der Waals surface area contributed by atoms with Gasteiger partial charge in [0, 0.05) is 17.0 Å². The number of rotatable bonds is 4. The first-order chi connectivity index (χ1) is 7.05. The van der Waals surface area contributed by atoms with Crippen molar-refractivity contribution in [3.63, 3.8) is 0 Å². The first-order valence-corrected chi connectivity index (χ1v) is 4.60. The molecule has 0 N–H and O–H groups in total. The molecule has 0 aliphatic rings. The summed E-state index contributed by atoms with van der Waals surface area (Å²) in [6.07, 6.45) is 2.43. The van der Waals surface area contributed by atoms with E-state index in [1.807, 2.05) is 13.8 Å². The molecule has 0 saturated heterocycles. The van der Waals surface area contributed by atoms with E-state index in [9.17, 15) is 4.79 Å². The summed E-state index contributed by atoms with van der Waals surface area (Å²) in [7, 11) is 3.08. The number of ether oxygens (including phenoxy) is 2. The van der Waals surface area contributed by atoms with Gasteiger partial charge in [0.1, 0.15) is 12.0 Å². The van der Waals surface area contributed by atoms with Crippen LogP contribution in [0, 0.1) is 0 Å². The molecular weight excluding hydrogens is 194 g/mol. The van der Waals surface area contributed by atoms with E-state index in [1.54, 1.807) is 19.4 Å². The van der Waals surface area contributed by atoms with E-state index < -0.39 is 5.41 Å². The average Bonchev–Trinajstić information content (AvgIpc) is 2.28. The zero-order valence-electron chi connectivity index (χ0n) is 9.40. The van der Waals surface area contributed by atoms with Gasteiger partial charge in [-0.05, 0) is 13.8 Å². The summed E-state index contributed by atoms with van der Waals surface area (Å²) in [6, 6.07) is 1.72. The summed E-state index contributed by atoms with van der Waals surface area (Å²) in [5, 5.41) is 0. The highest BCUT2D eigenvalue weighted by atomic mass is 16.5. The molecule has 0 aromatic carbocycles. The monoisotopic (exact) mass is 209 g/mol. The molecule has 0 fully saturated rings. The number of hydrogen-bond acceptors (Lipinski definition) is 4. The van der Waals surface area contributed by atoms with Crippen molar-refractivity contribution in [1.82, 2.24) is 4.98 Å². The van der Waals surface area contributed by atoms with E-state index in [0.29, 0.717) is 11.6 Å². The standard InChI is InChI=1S/C11H15NO3/c1-11(2,7-13)8-5-10(15-4)12-6-9(8)14-3/h5-7H,1-4H3. The summed E-state index contributed by atoms with van der Waals surface area (Å²) in [4.78, 5) is 15.0. The van der Waals surface area contributed by atoms with Gasteiger partial charge in [-0.15, -0.1) is 0 Å². The van der Waals surface area contributed by atoms with Crippen LogP contribution in [0.5, 0.6) is 11.6 Å². The first kappa shape index (κ1) is 11.5. The molecule has 0 spiro atoms. The van der Waals surface area contributed by atoms with Crippen molar-refractivity contribution in [2.24, 2.45) is 0 Å². The van der Waals surface area contributed by atoms with Crippen molar-refractivity contribution in [3.8, 4) is 11.6 Å². The fraction of sp³-hybridized carbons (Fsp3) is 0.455. The Bertz CT molecular complexity index is 361. The van der Waals surface area contributed by atoms with Crippen LogP contribution in [0.3, 0.4) is 0 Å². The lowest BCUT2D eigenvalue weighted by Crippen LogP contribution is -2.20. The molecule has 1 aromatic heterocycles. The third-order valence-corrected chi connectivity index (χ3v) is 2.26. The third-order valence-electron chi connectivity index (χ3n) is 2.26. The van der Waals surface area contributed by atoms with Gasteiger partial charge in [-0.25, -0.2) is 4.98 Å². The zero-order chi connectivity index (χ0) is 11.5. The van der Waals surface area contributed by atoms with E-state index in [4.69, 9.17) is 9.47 Å². The first-order valence-electron chi connectivity index (χ1n) is 4.60. The quantitative estimate of drug-likeness (QED) is 0.706. The van der Waals surface area contributed by atoms with Gasteiger partial charge in [0.2, 0.25) is 5.88 Å². The van der Waals surface area contributed by atoms with Crippen molar-refractivity contribution in [1.29, 1.82) is 0 Å². The maximum Gasteiger partial charge on any atom is 0.213 e. The van der Waals surface area contributed by atoms with Gasteiger partial charge in [0.15, 0.2) is 0 Å². The van der Waals surface area contributed by atoms with Crippen LogP contribution in [0.4, 0.5) is 0 Å².